The first kappa shape index (κ1) is 15.6. The van der Waals surface area contributed by atoms with Crippen LogP contribution >= 0.6 is 11.6 Å². The topological polar surface area (TPSA) is 55.4 Å². The number of benzene rings is 2. The number of halogens is 1. The van der Waals surface area contributed by atoms with Crippen LogP contribution in [0.15, 0.2) is 48.5 Å². The van der Waals surface area contributed by atoms with Crippen molar-refractivity contribution >= 4 is 29.2 Å². The summed E-state index contributed by atoms with van der Waals surface area (Å²) in [5, 5.41) is 3.55. The van der Waals surface area contributed by atoms with Gasteiger partial charge in [-0.1, -0.05) is 29.8 Å². The lowest BCUT2D eigenvalue weighted by Crippen LogP contribution is -2.27. The second-order valence-corrected chi connectivity index (χ2v) is 6.05. The standard InChI is InChI=1S/C18H16ClNO3/c1-23-16(21)12-3-2-4-15(11-12)20-17(22)18(9-10-18)13-5-7-14(19)8-6-13/h2-8,11H,9-10H2,1H3,(H,20,22). The van der Waals surface area contributed by atoms with Gasteiger partial charge in [-0.05, 0) is 48.7 Å². The van der Waals surface area contributed by atoms with E-state index >= 15 is 0 Å². The molecule has 1 aliphatic rings. The minimum Gasteiger partial charge on any atom is -0.465 e. The first-order valence-electron chi connectivity index (χ1n) is 7.31. The van der Waals surface area contributed by atoms with Crippen molar-refractivity contribution in [1.29, 1.82) is 0 Å². The van der Waals surface area contributed by atoms with Crippen LogP contribution in [0.1, 0.15) is 28.8 Å². The van der Waals surface area contributed by atoms with Gasteiger partial charge in [-0.25, -0.2) is 4.79 Å². The number of rotatable bonds is 4. The van der Waals surface area contributed by atoms with Crippen LogP contribution in [0.4, 0.5) is 5.69 Å². The highest BCUT2D eigenvalue weighted by molar-refractivity contribution is 6.30. The Balaban J connectivity index is 1.79. The third kappa shape index (κ3) is 3.08. The molecule has 5 heteroatoms. The number of esters is 1. The molecule has 1 fully saturated rings. The molecule has 0 bridgehead atoms. The predicted octanol–water partition coefficient (Wildman–Crippen LogP) is 3.80. The summed E-state index contributed by atoms with van der Waals surface area (Å²) >= 11 is 5.91. The SMILES string of the molecule is COC(=O)c1cccc(NC(=O)C2(c3ccc(Cl)cc3)CC2)c1. The Labute approximate surface area is 139 Å². The van der Waals surface area contributed by atoms with E-state index in [1.165, 1.54) is 7.11 Å². The molecular weight excluding hydrogens is 314 g/mol. The Hall–Kier alpha value is -2.33. The monoisotopic (exact) mass is 329 g/mol. The van der Waals surface area contributed by atoms with Crippen LogP contribution in [-0.2, 0) is 14.9 Å². The largest absolute Gasteiger partial charge is 0.465 e. The second kappa shape index (κ2) is 6.05. The van der Waals surface area contributed by atoms with Gasteiger partial charge in [0.05, 0.1) is 18.1 Å². The molecule has 4 nitrogen and oxygen atoms in total. The number of hydrogen-bond acceptors (Lipinski definition) is 3. The van der Waals surface area contributed by atoms with Crippen LogP contribution in [0.3, 0.4) is 0 Å². The Morgan fingerprint density at radius 2 is 1.83 bits per heavy atom. The molecule has 118 valence electrons. The van der Waals surface area contributed by atoms with E-state index < -0.39 is 11.4 Å². The number of amides is 1. The lowest BCUT2D eigenvalue weighted by Gasteiger charge is -2.16. The number of hydrogen-bond donors (Lipinski definition) is 1. The molecule has 1 N–H and O–H groups in total. The third-order valence-electron chi connectivity index (χ3n) is 4.12. The van der Waals surface area contributed by atoms with Gasteiger partial charge < -0.3 is 10.1 Å². The van der Waals surface area contributed by atoms with Crippen molar-refractivity contribution in [2.45, 2.75) is 18.3 Å². The van der Waals surface area contributed by atoms with Crippen molar-refractivity contribution in [3.8, 4) is 0 Å². The fraction of sp³-hybridized carbons (Fsp3) is 0.222. The molecule has 0 aromatic heterocycles. The predicted molar refractivity (Wildman–Crippen MR) is 88.8 cm³/mol. The summed E-state index contributed by atoms with van der Waals surface area (Å²) in [5.74, 6) is -0.498. The summed E-state index contributed by atoms with van der Waals surface area (Å²) in [4.78, 5) is 24.2. The van der Waals surface area contributed by atoms with E-state index in [2.05, 4.69) is 5.32 Å². The summed E-state index contributed by atoms with van der Waals surface area (Å²) in [6.45, 7) is 0. The average Bonchev–Trinajstić information content (AvgIpc) is 3.37. The molecule has 0 heterocycles. The summed E-state index contributed by atoms with van der Waals surface area (Å²) < 4.78 is 4.69. The maximum Gasteiger partial charge on any atom is 0.337 e. The first-order valence-corrected chi connectivity index (χ1v) is 7.69. The maximum absolute atomic E-state index is 12.7. The fourth-order valence-corrected chi connectivity index (χ4v) is 2.76. The molecule has 3 rings (SSSR count). The van der Waals surface area contributed by atoms with Gasteiger partial charge in [-0.2, -0.15) is 0 Å². The highest BCUT2D eigenvalue weighted by Gasteiger charge is 2.51. The van der Waals surface area contributed by atoms with Gasteiger partial charge in [0.1, 0.15) is 0 Å². The van der Waals surface area contributed by atoms with E-state index in [1.807, 2.05) is 12.1 Å². The Kier molecular flexibility index (Phi) is 4.09. The third-order valence-corrected chi connectivity index (χ3v) is 4.37. The molecule has 0 saturated heterocycles. The van der Waals surface area contributed by atoms with Crippen molar-refractivity contribution in [3.05, 3.63) is 64.7 Å². The van der Waals surface area contributed by atoms with E-state index in [4.69, 9.17) is 16.3 Å². The van der Waals surface area contributed by atoms with Crippen molar-refractivity contribution in [2.24, 2.45) is 0 Å². The van der Waals surface area contributed by atoms with Crippen LogP contribution in [-0.4, -0.2) is 19.0 Å². The molecule has 0 atom stereocenters. The highest BCUT2D eigenvalue weighted by atomic mass is 35.5. The van der Waals surface area contributed by atoms with E-state index in [0.717, 1.165) is 18.4 Å². The zero-order valence-electron chi connectivity index (χ0n) is 12.6. The van der Waals surface area contributed by atoms with E-state index in [-0.39, 0.29) is 5.91 Å². The van der Waals surface area contributed by atoms with Crippen LogP contribution in [0.2, 0.25) is 5.02 Å². The molecule has 0 unspecified atom stereocenters. The van der Waals surface area contributed by atoms with Crippen molar-refractivity contribution in [1.82, 2.24) is 0 Å². The summed E-state index contributed by atoms with van der Waals surface area (Å²) in [7, 11) is 1.33. The van der Waals surface area contributed by atoms with Gasteiger partial charge in [0, 0.05) is 10.7 Å². The van der Waals surface area contributed by atoms with Gasteiger partial charge in [0.15, 0.2) is 0 Å². The second-order valence-electron chi connectivity index (χ2n) is 5.62. The van der Waals surface area contributed by atoms with Gasteiger partial charge >= 0.3 is 5.97 Å². The summed E-state index contributed by atoms with van der Waals surface area (Å²) in [5.41, 5.74) is 1.45. The van der Waals surface area contributed by atoms with Gasteiger partial charge in [-0.15, -0.1) is 0 Å². The van der Waals surface area contributed by atoms with Crippen molar-refractivity contribution in [3.63, 3.8) is 0 Å². The normalized spacial score (nSPS) is 14.9. The molecule has 0 aliphatic heterocycles. The molecule has 0 spiro atoms. The van der Waals surface area contributed by atoms with Gasteiger partial charge in [0.2, 0.25) is 5.91 Å². The zero-order chi connectivity index (χ0) is 16.4. The lowest BCUT2D eigenvalue weighted by molar-refractivity contribution is -0.118. The van der Waals surface area contributed by atoms with Gasteiger partial charge in [-0.3, -0.25) is 4.79 Å². The molecular formula is C18H16ClNO3. The summed E-state index contributed by atoms with van der Waals surface area (Å²) in [6, 6.07) is 14.1. The molecule has 1 amide bonds. The zero-order valence-corrected chi connectivity index (χ0v) is 13.4. The molecule has 0 radical (unpaired) electrons. The van der Waals surface area contributed by atoms with E-state index in [1.54, 1.807) is 36.4 Å². The Morgan fingerprint density at radius 3 is 2.43 bits per heavy atom. The summed E-state index contributed by atoms with van der Waals surface area (Å²) in [6.07, 6.45) is 1.61. The number of anilines is 1. The smallest absolute Gasteiger partial charge is 0.337 e. The van der Waals surface area contributed by atoms with Crippen molar-refractivity contribution < 1.29 is 14.3 Å². The number of carbonyl (C=O) groups is 2. The minimum absolute atomic E-state index is 0.0677. The Morgan fingerprint density at radius 1 is 1.13 bits per heavy atom. The minimum atomic E-state index is -0.494. The van der Waals surface area contributed by atoms with Crippen LogP contribution in [0.25, 0.3) is 0 Å². The average molecular weight is 330 g/mol. The van der Waals surface area contributed by atoms with Crippen LogP contribution in [0, 0.1) is 0 Å². The first-order chi connectivity index (χ1) is 11.0. The number of methoxy groups -OCH3 is 1. The number of ether oxygens (including phenoxy) is 1. The fourth-order valence-electron chi connectivity index (χ4n) is 2.63. The molecule has 1 saturated carbocycles. The van der Waals surface area contributed by atoms with Gasteiger partial charge in [0.25, 0.3) is 0 Å². The molecule has 23 heavy (non-hydrogen) atoms. The lowest BCUT2D eigenvalue weighted by atomic mass is 9.95. The number of nitrogens with one attached hydrogen (secondary N) is 1. The quantitative estimate of drug-likeness (QED) is 0.868. The van der Waals surface area contributed by atoms with E-state index in [0.29, 0.717) is 16.3 Å². The van der Waals surface area contributed by atoms with E-state index in [9.17, 15) is 9.59 Å². The molecule has 1 aliphatic carbocycles. The Bertz CT molecular complexity index is 751. The number of carbonyl (C=O) groups excluding carboxylic acids is 2. The molecule has 2 aromatic rings. The van der Waals surface area contributed by atoms with Crippen LogP contribution < -0.4 is 5.32 Å². The van der Waals surface area contributed by atoms with Crippen molar-refractivity contribution in [2.75, 3.05) is 12.4 Å². The highest BCUT2D eigenvalue weighted by Crippen LogP contribution is 2.49. The van der Waals surface area contributed by atoms with Crippen LogP contribution in [0.5, 0.6) is 0 Å². The maximum atomic E-state index is 12.7. The molecule has 2 aromatic carbocycles.